The molecule has 6 unspecified atom stereocenters. The van der Waals surface area contributed by atoms with Gasteiger partial charge in [-0.15, -0.1) is 0 Å². The van der Waals surface area contributed by atoms with Crippen molar-refractivity contribution in [1.29, 1.82) is 0 Å². The van der Waals surface area contributed by atoms with Crippen LogP contribution in [0.1, 0.15) is 329 Å². The van der Waals surface area contributed by atoms with Crippen LogP contribution in [0.15, 0.2) is 24.3 Å². The number of unbranched alkanes of at least 4 members (excludes halogenated alkanes) is 40. The molecule has 1 aliphatic heterocycles. The lowest BCUT2D eigenvalue weighted by atomic mass is 9.98. The van der Waals surface area contributed by atoms with Crippen molar-refractivity contribution in [2.75, 3.05) is 13.2 Å². The van der Waals surface area contributed by atoms with E-state index in [0.29, 0.717) is 19.3 Å². The third-order valence-corrected chi connectivity index (χ3v) is 15.5. The SMILES string of the molecule is CCCCC/C=C\C/C=C\CCCCCCCC(=O)OCC(COC1OC(C(=O)O)C(O)C(O)C1OC(=O)CCCCCCCCCCCCCCCCCCCCC)OC(=O)CCCCCCCCCCCCCCCCC. The van der Waals surface area contributed by atoms with Crippen molar-refractivity contribution < 1.29 is 58.2 Å². The second-order valence-corrected chi connectivity index (χ2v) is 23.1. The highest BCUT2D eigenvalue weighted by Crippen LogP contribution is 2.27. The molecule has 12 heteroatoms. The minimum absolute atomic E-state index is 0.0669. The van der Waals surface area contributed by atoms with Gasteiger partial charge in [0.2, 0.25) is 0 Å². The van der Waals surface area contributed by atoms with Gasteiger partial charge >= 0.3 is 23.9 Å². The number of aliphatic hydroxyl groups excluding tert-OH is 2. The summed E-state index contributed by atoms with van der Waals surface area (Å²) in [6.45, 7) is 6.02. The number of allylic oxidation sites excluding steroid dienone is 4. The monoisotopic (exact) mass is 1120 g/mol. The molecular weight excluding hydrogens is 997 g/mol. The van der Waals surface area contributed by atoms with E-state index in [0.717, 1.165) is 83.5 Å². The second kappa shape index (κ2) is 55.7. The lowest BCUT2D eigenvalue weighted by molar-refractivity contribution is -0.301. The molecule has 1 aliphatic rings. The Morgan fingerprint density at radius 2 is 0.759 bits per heavy atom. The fourth-order valence-corrected chi connectivity index (χ4v) is 10.4. The molecule has 462 valence electrons. The molecule has 0 aromatic carbocycles. The first-order valence-corrected chi connectivity index (χ1v) is 33.3. The molecule has 1 heterocycles. The summed E-state index contributed by atoms with van der Waals surface area (Å²) in [6, 6.07) is 0. The van der Waals surface area contributed by atoms with Gasteiger partial charge in [0.15, 0.2) is 24.6 Å². The Morgan fingerprint density at radius 1 is 0.418 bits per heavy atom. The fourth-order valence-electron chi connectivity index (χ4n) is 10.4. The lowest BCUT2D eigenvalue weighted by Crippen LogP contribution is -2.61. The lowest BCUT2D eigenvalue weighted by Gasteiger charge is -2.40. The van der Waals surface area contributed by atoms with Gasteiger partial charge in [-0.05, 0) is 51.4 Å². The van der Waals surface area contributed by atoms with Gasteiger partial charge in [0.05, 0.1) is 6.61 Å². The van der Waals surface area contributed by atoms with E-state index in [1.54, 1.807) is 0 Å². The highest BCUT2D eigenvalue weighted by atomic mass is 16.7. The Kier molecular flexibility index (Phi) is 52.3. The summed E-state index contributed by atoms with van der Waals surface area (Å²) in [5.41, 5.74) is 0. The van der Waals surface area contributed by atoms with Crippen molar-refractivity contribution in [3.63, 3.8) is 0 Å². The minimum Gasteiger partial charge on any atom is -0.479 e. The molecule has 12 nitrogen and oxygen atoms in total. The predicted octanol–water partition coefficient (Wildman–Crippen LogP) is 17.8. The van der Waals surface area contributed by atoms with Gasteiger partial charge in [-0.1, -0.05) is 283 Å². The summed E-state index contributed by atoms with van der Waals surface area (Å²) in [4.78, 5) is 51.3. The molecule has 1 saturated heterocycles. The summed E-state index contributed by atoms with van der Waals surface area (Å²) < 4.78 is 28.6. The smallest absolute Gasteiger partial charge is 0.335 e. The van der Waals surface area contributed by atoms with Crippen molar-refractivity contribution in [2.24, 2.45) is 0 Å². The van der Waals surface area contributed by atoms with Crippen LogP contribution >= 0.6 is 0 Å². The van der Waals surface area contributed by atoms with Gasteiger partial charge in [0.25, 0.3) is 0 Å². The number of aliphatic carboxylic acids is 1. The zero-order valence-corrected chi connectivity index (χ0v) is 51.1. The van der Waals surface area contributed by atoms with E-state index in [4.69, 9.17) is 23.7 Å². The molecule has 0 aliphatic carbocycles. The molecule has 0 saturated carbocycles. The van der Waals surface area contributed by atoms with Crippen LogP contribution in [0.4, 0.5) is 0 Å². The maximum absolute atomic E-state index is 13.2. The molecule has 0 amide bonds. The Hall–Kier alpha value is -2.80. The third kappa shape index (κ3) is 45.4. The van der Waals surface area contributed by atoms with E-state index in [9.17, 15) is 34.5 Å². The van der Waals surface area contributed by atoms with Crippen molar-refractivity contribution in [1.82, 2.24) is 0 Å². The number of carbonyl (C=O) groups is 4. The van der Waals surface area contributed by atoms with Crippen LogP contribution < -0.4 is 0 Å². The first-order valence-electron chi connectivity index (χ1n) is 33.3. The van der Waals surface area contributed by atoms with Crippen molar-refractivity contribution in [3.8, 4) is 0 Å². The molecule has 1 fully saturated rings. The molecule has 1 rings (SSSR count). The second-order valence-electron chi connectivity index (χ2n) is 23.1. The number of carbonyl (C=O) groups excluding carboxylic acids is 3. The molecule has 0 spiro atoms. The zero-order valence-electron chi connectivity index (χ0n) is 51.1. The standard InChI is InChI=1S/C67H122O12/c1-4-7-10-13-16-19-22-25-28-29-30-31-34-37-40-43-46-49-52-55-61(70)78-65-63(72)62(71)64(66(73)74)79-67(65)76-57-58(77-60(69)54-51-48-45-42-39-36-33-27-24-21-18-15-12-9-6-3)56-75-59(68)53-50-47-44-41-38-35-32-26-23-20-17-14-11-8-5-2/h17,20,26,32,58,62-65,67,71-72H,4-16,18-19,21-25,27-31,33-57H2,1-3H3,(H,73,74)/b20-17-,32-26-. The Bertz CT molecular complexity index is 1470. The Morgan fingerprint density at radius 3 is 1.16 bits per heavy atom. The number of carboxylic acid groups (broad SMARTS) is 1. The third-order valence-electron chi connectivity index (χ3n) is 15.5. The van der Waals surface area contributed by atoms with E-state index < -0.39 is 67.3 Å². The molecule has 0 bridgehead atoms. The summed E-state index contributed by atoms with van der Waals surface area (Å²) in [7, 11) is 0. The van der Waals surface area contributed by atoms with E-state index in [1.165, 1.54) is 186 Å². The van der Waals surface area contributed by atoms with Crippen LogP contribution in [0.3, 0.4) is 0 Å². The number of aliphatic hydroxyl groups is 2. The van der Waals surface area contributed by atoms with Crippen LogP contribution in [0.25, 0.3) is 0 Å². The Balaban J connectivity index is 2.63. The van der Waals surface area contributed by atoms with Gasteiger partial charge < -0.3 is 39.0 Å². The largest absolute Gasteiger partial charge is 0.479 e. The molecule has 79 heavy (non-hydrogen) atoms. The van der Waals surface area contributed by atoms with Gasteiger partial charge in [0.1, 0.15) is 18.8 Å². The number of rotatable bonds is 58. The number of hydrogen-bond donors (Lipinski definition) is 3. The molecule has 0 aromatic heterocycles. The first kappa shape index (κ1) is 74.2. The summed E-state index contributed by atoms with van der Waals surface area (Å²) >= 11 is 0. The summed E-state index contributed by atoms with van der Waals surface area (Å²) in [5.74, 6) is -3.09. The van der Waals surface area contributed by atoms with Crippen molar-refractivity contribution in [3.05, 3.63) is 24.3 Å². The van der Waals surface area contributed by atoms with E-state index in [1.807, 2.05) is 0 Å². The molecule has 3 N–H and O–H groups in total. The van der Waals surface area contributed by atoms with Crippen LogP contribution in [-0.4, -0.2) is 89.2 Å². The predicted molar refractivity (Wildman–Crippen MR) is 322 cm³/mol. The Labute approximate surface area is 483 Å². The van der Waals surface area contributed by atoms with Crippen LogP contribution in [-0.2, 0) is 42.9 Å². The quantitative estimate of drug-likeness (QED) is 0.0228. The molecular formula is C67H122O12. The minimum atomic E-state index is -1.90. The van der Waals surface area contributed by atoms with Gasteiger partial charge in [-0.3, -0.25) is 14.4 Å². The highest BCUT2D eigenvalue weighted by molar-refractivity contribution is 5.74. The molecule has 0 aromatic rings. The maximum atomic E-state index is 13.2. The molecule has 0 radical (unpaired) electrons. The number of ether oxygens (including phenoxy) is 5. The average Bonchev–Trinajstić information content (AvgIpc) is 3.46. The average molecular weight is 1120 g/mol. The van der Waals surface area contributed by atoms with Crippen LogP contribution in [0, 0.1) is 0 Å². The number of esters is 3. The summed E-state index contributed by atoms with van der Waals surface area (Å²) in [5, 5.41) is 31.6. The van der Waals surface area contributed by atoms with Gasteiger partial charge in [-0.25, -0.2) is 4.79 Å². The molecule has 6 atom stereocenters. The zero-order chi connectivity index (χ0) is 57.5. The summed E-state index contributed by atoms with van der Waals surface area (Å²) in [6.07, 6.45) is 52.8. The maximum Gasteiger partial charge on any atom is 0.335 e. The number of hydrogen-bond acceptors (Lipinski definition) is 11. The van der Waals surface area contributed by atoms with Crippen molar-refractivity contribution >= 4 is 23.9 Å². The van der Waals surface area contributed by atoms with E-state index >= 15 is 0 Å². The van der Waals surface area contributed by atoms with E-state index in [2.05, 4.69) is 45.1 Å². The normalized spacial score (nSPS) is 17.9. The van der Waals surface area contributed by atoms with Gasteiger partial charge in [0, 0.05) is 19.3 Å². The van der Waals surface area contributed by atoms with Gasteiger partial charge in [-0.2, -0.15) is 0 Å². The topological polar surface area (TPSA) is 175 Å². The van der Waals surface area contributed by atoms with Crippen LogP contribution in [0.5, 0.6) is 0 Å². The van der Waals surface area contributed by atoms with Crippen molar-refractivity contribution in [2.45, 2.75) is 366 Å². The van der Waals surface area contributed by atoms with Crippen LogP contribution in [0.2, 0.25) is 0 Å². The highest BCUT2D eigenvalue weighted by Gasteiger charge is 2.50. The van der Waals surface area contributed by atoms with E-state index in [-0.39, 0.29) is 25.9 Å². The number of carboxylic acids is 1. The first-order chi connectivity index (χ1) is 38.6. The fraction of sp³-hybridized carbons (Fsp3) is 0.881.